The van der Waals surface area contributed by atoms with E-state index < -0.39 is 0 Å². The third-order valence-electron chi connectivity index (χ3n) is 2.71. The maximum atomic E-state index is 3.52. The van der Waals surface area contributed by atoms with Gasteiger partial charge in [0.05, 0.1) is 0 Å². The predicted molar refractivity (Wildman–Crippen MR) is 64.8 cm³/mol. The van der Waals surface area contributed by atoms with Crippen LogP contribution in [0.5, 0.6) is 0 Å². The van der Waals surface area contributed by atoms with Crippen LogP contribution < -0.4 is 5.32 Å². The van der Waals surface area contributed by atoms with E-state index in [9.17, 15) is 0 Å². The first-order valence-electron chi connectivity index (χ1n) is 5.82. The fourth-order valence-corrected chi connectivity index (χ4v) is 1.39. The van der Waals surface area contributed by atoms with Gasteiger partial charge in [0, 0.05) is 11.6 Å². The highest BCUT2D eigenvalue weighted by molar-refractivity contribution is 4.71. The molecule has 1 atom stereocenters. The van der Waals surface area contributed by atoms with Crippen molar-refractivity contribution < 1.29 is 0 Å². The van der Waals surface area contributed by atoms with E-state index in [1.807, 2.05) is 0 Å². The summed E-state index contributed by atoms with van der Waals surface area (Å²) in [6.45, 7) is 13.4. The highest BCUT2D eigenvalue weighted by atomic mass is 15.1. The summed E-state index contributed by atoms with van der Waals surface area (Å²) in [5.74, 6) is 0. The fraction of sp³-hybridized carbons (Fsp3) is 1.00. The van der Waals surface area contributed by atoms with Gasteiger partial charge < -0.3 is 10.2 Å². The summed E-state index contributed by atoms with van der Waals surface area (Å²) in [5.41, 5.74) is 0.264. The summed E-state index contributed by atoms with van der Waals surface area (Å²) < 4.78 is 0. The largest absolute Gasteiger partial charge is 0.312 e. The van der Waals surface area contributed by atoms with Crippen LogP contribution >= 0.6 is 0 Å². The molecule has 14 heavy (non-hydrogen) atoms. The minimum absolute atomic E-state index is 0.264. The van der Waals surface area contributed by atoms with Gasteiger partial charge in [-0.2, -0.15) is 0 Å². The third kappa shape index (κ3) is 7.34. The second-order valence-electron chi connectivity index (χ2n) is 5.24. The molecule has 0 aliphatic rings. The normalized spacial score (nSPS) is 14.8. The fourth-order valence-electron chi connectivity index (χ4n) is 1.39. The topological polar surface area (TPSA) is 15.3 Å². The monoisotopic (exact) mass is 200 g/mol. The molecule has 0 aliphatic carbocycles. The maximum absolute atomic E-state index is 3.52. The molecule has 0 rings (SSSR count). The van der Waals surface area contributed by atoms with Crippen molar-refractivity contribution >= 4 is 0 Å². The van der Waals surface area contributed by atoms with E-state index in [2.05, 4.69) is 51.9 Å². The van der Waals surface area contributed by atoms with Gasteiger partial charge in [-0.1, -0.05) is 6.92 Å². The van der Waals surface area contributed by atoms with Crippen molar-refractivity contribution in [2.75, 3.05) is 20.1 Å². The summed E-state index contributed by atoms with van der Waals surface area (Å²) in [5, 5.41) is 3.52. The molecule has 0 radical (unpaired) electrons. The van der Waals surface area contributed by atoms with Crippen molar-refractivity contribution in [3.63, 3.8) is 0 Å². The van der Waals surface area contributed by atoms with Crippen LogP contribution in [0.1, 0.15) is 47.5 Å². The zero-order valence-corrected chi connectivity index (χ0v) is 10.9. The molecule has 2 nitrogen and oxygen atoms in total. The third-order valence-corrected chi connectivity index (χ3v) is 2.71. The van der Waals surface area contributed by atoms with E-state index in [0.29, 0.717) is 6.04 Å². The zero-order valence-electron chi connectivity index (χ0n) is 10.9. The maximum Gasteiger partial charge on any atom is 0.00965 e. The van der Waals surface area contributed by atoms with Crippen molar-refractivity contribution in [3.8, 4) is 0 Å². The molecule has 0 saturated carbocycles. The molecule has 0 aromatic carbocycles. The lowest BCUT2D eigenvalue weighted by Crippen LogP contribution is -2.37. The van der Waals surface area contributed by atoms with Gasteiger partial charge in [-0.15, -0.1) is 0 Å². The summed E-state index contributed by atoms with van der Waals surface area (Å²) in [7, 11) is 2.20. The summed E-state index contributed by atoms with van der Waals surface area (Å²) >= 11 is 0. The first-order valence-corrected chi connectivity index (χ1v) is 5.82. The number of nitrogens with one attached hydrogen (secondary N) is 1. The SMILES string of the molecule is CCN(C)C(C)CCCNC(C)(C)C. The molecule has 0 aromatic heterocycles. The molecule has 2 heteroatoms. The van der Waals surface area contributed by atoms with E-state index in [1.54, 1.807) is 0 Å². The van der Waals surface area contributed by atoms with Gasteiger partial charge in [0.2, 0.25) is 0 Å². The Bertz CT molecular complexity index is 138. The molecule has 0 saturated heterocycles. The van der Waals surface area contributed by atoms with Crippen LogP contribution in [-0.2, 0) is 0 Å². The average Bonchev–Trinajstić information content (AvgIpc) is 2.09. The van der Waals surface area contributed by atoms with Gasteiger partial charge in [-0.05, 0) is 60.7 Å². The first-order chi connectivity index (χ1) is 6.37. The Labute approximate surface area is 90.1 Å². The standard InChI is InChI=1S/C12H28N2/c1-7-14(6)11(2)9-8-10-13-12(3,4)5/h11,13H,7-10H2,1-6H3. The lowest BCUT2D eigenvalue weighted by Gasteiger charge is -2.24. The Balaban J connectivity index is 3.45. The molecule has 0 aromatic rings. The van der Waals surface area contributed by atoms with Crippen molar-refractivity contribution in [3.05, 3.63) is 0 Å². The second-order valence-corrected chi connectivity index (χ2v) is 5.24. The second kappa shape index (κ2) is 6.41. The van der Waals surface area contributed by atoms with Gasteiger partial charge in [0.1, 0.15) is 0 Å². The lowest BCUT2D eigenvalue weighted by atomic mass is 10.1. The Kier molecular flexibility index (Phi) is 6.38. The smallest absolute Gasteiger partial charge is 0.00965 e. The molecule has 86 valence electrons. The highest BCUT2D eigenvalue weighted by Gasteiger charge is 2.09. The number of hydrogen-bond donors (Lipinski definition) is 1. The highest BCUT2D eigenvalue weighted by Crippen LogP contribution is 2.04. The molecule has 0 heterocycles. The number of hydrogen-bond acceptors (Lipinski definition) is 2. The van der Waals surface area contributed by atoms with Crippen LogP contribution in [-0.4, -0.2) is 36.6 Å². The van der Waals surface area contributed by atoms with Crippen LogP contribution in [0, 0.1) is 0 Å². The van der Waals surface area contributed by atoms with Crippen LogP contribution in [0.3, 0.4) is 0 Å². The summed E-state index contributed by atoms with van der Waals surface area (Å²) in [6.07, 6.45) is 2.55. The number of nitrogens with zero attached hydrogens (tertiary/aromatic N) is 1. The van der Waals surface area contributed by atoms with Crippen molar-refractivity contribution in [2.45, 2.75) is 59.0 Å². The Morgan fingerprint density at radius 1 is 1.29 bits per heavy atom. The van der Waals surface area contributed by atoms with Crippen LogP contribution in [0.15, 0.2) is 0 Å². The molecule has 0 aliphatic heterocycles. The molecular formula is C12H28N2. The molecule has 0 fully saturated rings. The van der Waals surface area contributed by atoms with Gasteiger partial charge in [-0.3, -0.25) is 0 Å². The lowest BCUT2D eigenvalue weighted by molar-refractivity contribution is 0.252. The minimum Gasteiger partial charge on any atom is -0.312 e. The van der Waals surface area contributed by atoms with Crippen LogP contribution in [0.2, 0.25) is 0 Å². The van der Waals surface area contributed by atoms with E-state index >= 15 is 0 Å². The predicted octanol–water partition coefficient (Wildman–Crippen LogP) is 2.49. The Hall–Kier alpha value is -0.0800. The molecule has 1 unspecified atom stereocenters. The van der Waals surface area contributed by atoms with Crippen LogP contribution in [0.4, 0.5) is 0 Å². The van der Waals surface area contributed by atoms with Crippen LogP contribution in [0.25, 0.3) is 0 Å². The van der Waals surface area contributed by atoms with Gasteiger partial charge >= 0.3 is 0 Å². The van der Waals surface area contributed by atoms with Crippen molar-refractivity contribution in [1.82, 2.24) is 10.2 Å². The molecule has 0 bridgehead atoms. The summed E-state index contributed by atoms with van der Waals surface area (Å²) in [4.78, 5) is 2.40. The Morgan fingerprint density at radius 3 is 2.29 bits per heavy atom. The average molecular weight is 200 g/mol. The zero-order chi connectivity index (χ0) is 11.2. The molecular weight excluding hydrogens is 172 g/mol. The summed E-state index contributed by atoms with van der Waals surface area (Å²) in [6, 6.07) is 0.710. The van der Waals surface area contributed by atoms with E-state index in [0.717, 1.165) is 13.1 Å². The van der Waals surface area contributed by atoms with E-state index in [1.165, 1.54) is 12.8 Å². The van der Waals surface area contributed by atoms with Gasteiger partial charge in [0.25, 0.3) is 0 Å². The molecule has 0 amide bonds. The van der Waals surface area contributed by atoms with E-state index in [4.69, 9.17) is 0 Å². The Morgan fingerprint density at radius 2 is 1.86 bits per heavy atom. The number of rotatable bonds is 6. The van der Waals surface area contributed by atoms with Gasteiger partial charge in [-0.25, -0.2) is 0 Å². The van der Waals surface area contributed by atoms with Crippen molar-refractivity contribution in [2.24, 2.45) is 0 Å². The molecule has 0 spiro atoms. The van der Waals surface area contributed by atoms with Gasteiger partial charge in [0.15, 0.2) is 0 Å². The minimum atomic E-state index is 0.264. The van der Waals surface area contributed by atoms with E-state index in [-0.39, 0.29) is 5.54 Å². The first kappa shape index (κ1) is 13.9. The molecule has 1 N–H and O–H groups in total. The quantitative estimate of drug-likeness (QED) is 0.663. The van der Waals surface area contributed by atoms with Crippen molar-refractivity contribution in [1.29, 1.82) is 0 Å².